The molecule has 6 nitrogen and oxygen atoms in total. The van der Waals surface area contributed by atoms with Gasteiger partial charge in [0.2, 0.25) is 0 Å². The van der Waals surface area contributed by atoms with Gasteiger partial charge in [-0.2, -0.15) is 0 Å². The van der Waals surface area contributed by atoms with Crippen molar-refractivity contribution in [1.29, 1.82) is 0 Å². The number of hydrogen-bond acceptors (Lipinski definition) is 5. The number of hydrogen-bond donors (Lipinski definition) is 1. The first-order chi connectivity index (χ1) is 13.7. The number of nitrogens with one attached hydrogen (secondary N) is 1. The first kappa shape index (κ1) is 21.1. The Morgan fingerprint density at radius 1 is 1.29 bits per heavy atom. The summed E-state index contributed by atoms with van der Waals surface area (Å²) in [5.74, 6) is 0.962. The second kappa shape index (κ2) is 10.8. The summed E-state index contributed by atoms with van der Waals surface area (Å²) >= 11 is 1.83. The third kappa shape index (κ3) is 5.47. The van der Waals surface area contributed by atoms with Gasteiger partial charge >= 0.3 is 5.97 Å². The number of aliphatic imine (C=N–C) groups is 1. The zero-order valence-electron chi connectivity index (χ0n) is 17.2. The van der Waals surface area contributed by atoms with Crippen molar-refractivity contribution in [3.05, 3.63) is 22.4 Å². The Bertz CT molecular complexity index is 620. The second-order valence-electron chi connectivity index (χ2n) is 7.48. The molecule has 28 heavy (non-hydrogen) atoms. The van der Waals surface area contributed by atoms with Crippen molar-refractivity contribution >= 4 is 23.3 Å². The Kier molecular flexibility index (Phi) is 8.15. The van der Waals surface area contributed by atoms with Gasteiger partial charge in [0.1, 0.15) is 0 Å². The van der Waals surface area contributed by atoms with Crippen molar-refractivity contribution in [2.75, 3.05) is 45.9 Å². The molecule has 0 aliphatic carbocycles. The number of carbonyl (C=O) groups excluding carboxylic acids is 1. The third-order valence-electron chi connectivity index (χ3n) is 5.62. The van der Waals surface area contributed by atoms with Gasteiger partial charge in [0.15, 0.2) is 5.96 Å². The topological polar surface area (TPSA) is 57.2 Å². The number of rotatable bonds is 7. The summed E-state index contributed by atoms with van der Waals surface area (Å²) in [4.78, 5) is 23.3. The molecule has 0 radical (unpaired) electrons. The molecule has 2 aliphatic heterocycles. The van der Waals surface area contributed by atoms with Gasteiger partial charge in [-0.15, -0.1) is 11.3 Å². The van der Waals surface area contributed by atoms with Crippen LogP contribution in [0.3, 0.4) is 0 Å². The van der Waals surface area contributed by atoms with Crippen molar-refractivity contribution in [1.82, 2.24) is 15.1 Å². The quantitative estimate of drug-likeness (QED) is 0.428. The summed E-state index contributed by atoms with van der Waals surface area (Å²) in [7, 11) is 0. The molecule has 3 rings (SSSR count). The largest absolute Gasteiger partial charge is 0.466 e. The Morgan fingerprint density at radius 3 is 2.64 bits per heavy atom. The van der Waals surface area contributed by atoms with Crippen LogP contribution >= 0.6 is 11.3 Å². The number of thiophene rings is 1. The van der Waals surface area contributed by atoms with Gasteiger partial charge in [0.05, 0.1) is 25.1 Å². The molecule has 7 heteroatoms. The van der Waals surface area contributed by atoms with Gasteiger partial charge < -0.3 is 15.0 Å². The lowest BCUT2D eigenvalue weighted by Gasteiger charge is -2.34. The highest BCUT2D eigenvalue weighted by atomic mass is 32.1. The molecule has 1 N–H and O–H groups in total. The van der Waals surface area contributed by atoms with Gasteiger partial charge in [-0.05, 0) is 64.1 Å². The zero-order valence-corrected chi connectivity index (χ0v) is 18.0. The smallest absolute Gasteiger partial charge is 0.309 e. The Morgan fingerprint density at radius 2 is 2.04 bits per heavy atom. The molecule has 1 unspecified atom stereocenters. The maximum atomic E-state index is 12.0. The fourth-order valence-electron chi connectivity index (χ4n) is 4.11. The molecule has 0 spiro atoms. The van der Waals surface area contributed by atoms with E-state index in [2.05, 4.69) is 39.6 Å². The normalized spacial score (nSPS) is 20.4. The van der Waals surface area contributed by atoms with Crippen LogP contribution in [0.5, 0.6) is 0 Å². The molecule has 1 aromatic heterocycles. The zero-order chi connectivity index (χ0) is 19.8. The summed E-state index contributed by atoms with van der Waals surface area (Å²) in [5.41, 5.74) is 0. The van der Waals surface area contributed by atoms with Crippen molar-refractivity contribution in [2.45, 2.75) is 45.6 Å². The number of ether oxygens (including phenoxy) is 1. The van der Waals surface area contributed by atoms with Crippen LogP contribution in [-0.4, -0.2) is 67.6 Å². The van der Waals surface area contributed by atoms with Gasteiger partial charge in [0, 0.05) is 24.5 Å². The van der Waals surface area contributed by atoms with Gasteiger partial charge in [-0.3, -0.25) is 14.7 Å². The maximum absolute atomic E-state index is 12.0. The van der Waals surface area contributed by atoms with E-state index in [1.54, 1.807) is 0 Å². The molecule has 2 fully saturated rings. The van der Waals surface area contributed by atoms with Gasteiger partial charge in [-0.25, -0.2) is 0 Å². The SMILES string of the molecule is CCNC(=NCC(c1cccs1)N1CCCC1)N1CCC(C(=O)OCC)CC1. The van der Waals surface area contributed by atoms with Crippen molar-refractivity contribution in [3.8, 4) is 0 Å². The molecule has 2 aliphatic rings. The van der Waals surface area contributed by atoms with E-state index in [1.807, 2.05) is 18.3 Å². The average molecular weight is 407 g/mol. The fraction of sp³-hybridized carbons (Fsp3) is 0.714. The molecule has 3 heterocycles. The molecule has 0 saturated carbocycles. The molecular formula is C21H34N4O2S. The molecular weight excluding hydrogens is 372 g/mol. The molecule has 1 atom stereocenters. The summed E-state index contributed by atoms with van der Waals surface area (Å²) in [6, 6.07) is 4.74. The van der Waals surface area contributed by atoms with E-state index in [4.69, 9.17) is 9.73 Å². The van der Waals surface area contributed by atoms with Crippen molar-refractivity contribution in [2.24, 2.45) is 10.9 Å². The summed E-state index contributed by atoms with van der Waals surface area (Å²) < 4.78 is 5.19. The van der Waals surface area contributed by atoms with Crippen LogP contribution in [-0.2, 0) is 9.53 Å². The predicted octanol–water partition coefficient (Wildman–Crippen LogP) is 3.13. The number of esters is 1. The highest BCUT2D eigenvalue weighted by molar-refractivity contribution is 7.10. The average Bonchev–Trinajstić information content (AvgIpc) is 3.42. The minimum absolute atomic E-state index is 0.0301. The monoisotopic (exact) mass is 406 g/mol. The first-order valence-corrected chi connectivity index (χ1v) is 11.6. The van der Waals surface area contributed by atoms with E-state index in [-0.39, 0.29) is 11.9 Å². The summed E-state index contributed by atoms with van der Waals surface area (Å²) in [6.07, 6.45) is 4.24. The van der Waals surface area contributed by atoms with E-state index in [9.17, 15) is 4.79 Å². The van der Waals surface area contributed by atoms with Gasteiger partial charge in [-0.1, -0.05) is 6.07 Å². The number of nitrogens with zero attached hydrogens (tertiary/aromatic N) is 3. The fourth-order valence-corrected chi connectivity index (χ4v) is 4.96. The number of guanidine groups is 1. The Labute approximate surface area is 173 Å². The maximum Gasteiger partial charge on any atom is 0.309 e. The predicted molar refractivity (Wildman–Crippen MR) is 115 cm³/mol. The minimum Gasteiger partial charge on any atom is -0.466 e. The minimum atomic E-state index is -0.0455. The first-order valence-electron chi connectivity index (χ1n) is 10.7. The van der Waals surface area contributed by atoms with Crippen LogP contribution in [0.25, 0.3) is 0 Å². The van der Waals surface area contributed by atoms with Crippen LogP contribution in [0, 0.1) is 5.92 Å². The van der Waals surface area contributed by atoms with Crippen LogP contribution in [0.4, 0.5) is 0 Å². The Balaban J connectivity index is 1.64. The van der Waals surface area contributed by atoms with Crippen molar-refractivity contribution < 1.29 is 9.53 Å². The Hall–Kier alpha value is -1.60. The number of likely N-dealkylation sites (tertiary alicyclic amines) is 2. The van der Waals surface area contributed by atoms with Gasteiger partial charge in [0.25, 0.3) is 0 Å². The molecule has 0 bridgehead atoms. The van der Waals surface area contributed by atoms with Crippen LogP contribution < -0.4 is 5.32 Å². The lowest BCUT2D eigenvalue weighted by atomic mass is 9.97. The molecule has 156 valence electrons. The molecule has 2 saturated heterocycles. The number of carbonyl (C=O) groups is 1. The second-order valence-corrected chi connectivity index (χ2v) is 8.46. The lowest BCUT2D eigenvalue weighted by Crippen LogP contribution is -2.47. The van der Waals surface area contributed by atoms with E-state index >= 15 is 0 Å². The number of piperidine rings is 1. The third-order valence-corrected chi connectivity index (χ3v) is 6.59. The van der Waals surface area contributed by atoms with E-state index in [1.165, 1.54) is 30.8 Å². The summed E-state index contributed by atoms with van der Waals surface area (Å²) in [6.45, 7) is 10.1. The van der Waals surface area contributed by atoms with E-state index in [0.717, 1.165) is 45.0 Å². The highest BCUT2D eigenvalue weighted by Crippen LogP contribution is 2.29. The van der Waals surface area contributed by atoms with E-state index in [0.29, 0.717) is 12.6 Å². The van der Waals surface area contributed by atoms with Crippen LogP contribution in [0.15, 0.2) is 22.5 Å². The summed E-state index contributed by atoms with van der Waals surface area (Å²) in [5, 5.41) is 5.62. The lowest BCUT2D eigenvalue weighted by molar-refractivity contribution is -0.149. The molecule has 0 amide bonds. The van der Waals surface area contributed by atoms with Crippen LogP contribution in [0.2, 0.25) is 0 Å². The highest BCUT2D eigenvalue weighted by Gasteiger charge is 2.28. The molecule has 0 aromatic carbocycles. The van der Waals surface area contributed by atoms with Crippen molar-refractivity contribution in [3.63, 3.8) is 0 Å². The van der Waals surface area contributed by atoms with Crippen LogP contribution in [0.1, 0.15) is 50.4 Å². The molecule has 1 aromatic rings. The standard InChI is InChI=1S/C21H34N4O2S/c1-3-22-21(25-13-9-17(10-14-25)20(26)27-4-2)23-16-18(19-8-7-15-28-19)24-11-5-6-12-24/h7-8,15,17-18H,3-6,9-14,16H2,1-2H3,(H,22,23). The van der Waals surface area contributed by atoms with E-state index < -0.39 is 0 Å².